The second-order valence-corrected chi connectivity index (χ2v) is 4.09. The summed E-state index contributed by atoms with van der Waals surface area (Å²) in [6, 6.07) is 0. The summed E-state index contributed by atoms with van der Waals surface area (Å²) in [5, 5.41) is 11.6. The van der Waals surface area contributed by atoms with Crippen LogP contribution in [-0.2, 0) is 4.79 Å². The highest BCUT2D eigenvalue weighted by atomic mass is 35.5. The van der Waals surface area contributed by atoms with Crippen LogP contribution in [0.1, 0.15) is 12.8 Å². The molecule has 2 N–H and O–H groups in total. The quantitative estimate of drug-likeness (QED) is 0.482. The summed E-state index contributed by atoms with van der Waals surface area (Å²) in [5.74, 6) is 0.159. The highest BCUT2D eigenvalue weighted by molar-refractivity contribution is 6.22. The molecule has 82 valence electrons. The van der Waals surface area contributed by atoms with E-state index in [4.69, 9.17) is 16.7 Å². The number of carbonyl (C=O) groups is 1. The van der Waals surface area contributed by atoms with Gasteiger partial charge in [0, 0.05) is 26.1 Å². The molecule has 1 rings (SSSR count). The Morgan fingerprint density at radius 2 is 2.36 bits per heavy atom. The molecule has 0 spiro atoms. The number of rotatable bonds is 6. The fraction of sp³-hybridized carbons (Fsp3) is 0.889. The molecular weight excluding hydrogens is 204 g/mol. The molecule has 1 amide bonds. The third-order valence-corrected chi connectivity index (χ3v) is 2.53. The van der Waals surface area contributed by atoms with Crippen LogP contribution in [0, 0.1) is 0 Å². The van der Waals surface area contributed by atoms with Crippen molar-refractivity contribution < 1.29 is 9.90 Å². The molecule has 0 aromatic heterocycles. The van der Waals surface area contributed by atoms with Crippen LogP contribution in [0.15, 0.2) is 0 Å². The minimum absolute atomic E-state index is 0.00657. The zero-order chi connectivity index (χ0) is 10.4. The molecule has 1 saturated heterocycles. The lowest BCUT2D eigenvalue weighted by molar-refractivity contribution is -0.127. The molecule has 1 heterocycles. The summed E-state index contributed by atoms with van der Waals surface area (Å²) in [5.41, 5.74) is 0. The van der Waals surface area contributed by atoms with Gasteiger partial charge in [0.15, 0.2) is 0 Å². The molecule has 0 saturated carbocycles. The highest BCUT2D eigenvalue weighted by Gasteiger charge is 2.26. The third-order valence-electron chi connectivity index (χ3n) is 2.24. The SMILES string of the molecule is O=C1CC(Cl)CN1CCCNCCO. The van der Waals surface area contributed by atoms with E-state index < -0.39 is 0 Å². The van der Waals surface area contributed by atoms with E-state index in [-0.39, 0.29) is 17.9 Å². The van der Waals surface area contributed by atoms with E-state index in [0.29, 0.717) is 19.5 Å². The van der Waals surface area contributed by atoms with Crippen molar-refractivity contribution in [3.63, 3.8) is 0 Å². The Morgan fingerprint density at radius 1 is 1.57 bits per heavy atom. The van der Waals surface area contributed by atoms with Crippen LogP contribution in [0.4, 0.5) is 0 Å². The topological polar surface area (TPSA) is 52.6 Å². The van der Waals surface area contributed by atoms with Crippen molar-refractivity contribution in [3.05, 3.63) is 0 Å². The number of carbonyl (C=O) groups excluding carboxylic acids is 1. The van der Waals surface area contributed by atoms with Crippen molar-refractivity contribution in [1.29, 1.82) is 0 Å². The maximum atomic E-state index is 11.3. The van der Waals surface area contributed by atoms with Gasteiger partial charge in [-0.05, 0) is 13.0 Å². The monoisotopic (exact) mass is 220 g/mol. The van der Waals surface area contributed by atoms with Crippen LogP contribution in [0.3, 0.4) is 0 Å². The molecule has 1 atom stereocenters. The first-order valence-corrected chi connectivity index (χ1v) is 5.41. The molecule has 1 fully saturated rings. The van der Waals surface area contributed by atoms with Gasteiger partial charge in [-0.3, -0.25) is 4.79 Å². The van der Waals surface area contributed by atoms with E-state index in [1.807, 2.05) is 0 Å². The Kier molecular flexibility index (Phi) is 5.22. The number of nitrogens with zero attached hydrogens (tertiary/aromatic N) is 1. The smallest absolute Gasteiger partial charge is 0.224 e. The van der Waals surface area contributed by atoms with Gasteiger partial charge < -0.3 is 15.3 Å². The standard InChI is InChI=1S/C9H17ClN2O2/c10-8-6-9(14)12(7-8)4-1-2-11-3-5-13/h8,11,13H,1-7H2. The van der Waals surface area contributed by atoms with E-state index >= 15 is 0 Å². The predicted molar refractivity (Wildman–Crippen MR) is 55.4 cm³/mol. The normalized spacial score (nSPS) is 22.0. The largest absolute Gasteiger partial charge is 0.395 e. The molecular formula is C9H17ClN2O2. The summed E-state index contributed by atoms with van der Waals surface area (Å²) < 4.78 is 0. The number of aliphatic hydroxyl groups excluding tert-OH is 1. The van der Waals surface area contributed by atoms with Gasteiger partial charge in [0.25, 0.3) is 0 Å². The van der Waals surface area contributed by atoms with Crippen LogP contribution < -0.4 is 5.32 Å². The molecule has 0 aliphatic carbocycles. The van der Waals surface area contributed by atoms with Crippen molar-refractivity contribution >= 4 is 17.5 Å². The second kappa shape index (κ2) is 6.22. The number of halogens is 1. The zero-order valence-corrected chi connectivity index (χ0v) is 8.96. The second-order valence-electron chi connectivity index (χ2n) is 3.47. The third kappa shape index (κ3) is 3.82. The number of alkyl halides is 1. The maximum absolute atomic E-state index is 11.3. The van der Waals surface area contributed by atoms with Crippen LogP contribution in [-0.4, -0.2) is 54.1 Å². The number of aliphatic hydroxyl groups is 1. The van der Waals surface area contributed by atoms with E-state index in [0.717, 1.165) is 19.5 Å². The number of hydrogen-bond donors (Lipinski definition) is 2. The minimum Gasteiger partial charge on any atom is -0.395 e. The first kappa shape index (κ1) is 11.8. The lowest BCUT2D eigenvalue weighted by Gasteiger charge is -2.15. The van der Waals surface area contributed by atoms with E-state index in [9.17, 15) is 4.79 Å². The summed E-state index contributed by atoms with van der Waals surface area (Å²) in [6.45, 7) is 3.05. The van der Waals surface area contributed by atoms with Crippen molar-refractivity contribution in [1.82, 2.24) is 10.2 Å². The lowest BCUT2D eigenvalue weighted by Crippen LogP contribution is -2.29. The molecule has 1 aliphatic heterocycles. The highest BCUT2D eigenvalue weighted by Crippen LogP contribution is 2.15. The first-order chi connectivity index (χ1) is 6.74. The van der Waals surface area contributed by atoms with Gasteiger partial charge in [0.2, 0.25) is 5.91 Å². The van der Waals surface area contributed by atoms with Crippen molar-refractivity contribution in [2.24, 2.45) is 0 Å². The zero-order valence-electron chi connectivity index (χ0n) is 8.21. The number of nitrogens with one attached hydrogen (secondary N) is 1. The van der Waals surface area contributed by atoms with Crippen LogP contribution in [0.5, 0.6) is 0 Å². The number of amides is 1. The van der Waals surface area contributed by atoms with E-state index in [1.54, 1.807) is 4.90 Å². The molecule has 14 heavy (non-hydrogen) atoms. The average molecular weight is 221 g/mol. The van der Waals surface area contributed by atoms with Crippen molar-refractivity contribution in [2.45, 2.75) is 18.2 Å². The van der Waals surface area contributed by atoms with E-state index in [1.165, 1.54) is 0 Å². The van der Waals surface area contributed by atoms with E-state index in [2.05, 4.69) is 5.32 Å². The van der Waals surface area contributed by atoms with Crippen molar-refractivity contribution in [3.8, 4) is 0 Å². The molecule has 5 heteroatoms. The number of hydrogen-bond acceptors (Lipinski definition) is 3. The molecule has 1 unspecified atom stereocenters. The van der Waals surface area contributed by atoms with Gasteiger partial charge in [-0.1, -0.05) is 0 Å². The average Bonchev–Trinajstić information content (AvgIpc) is 2.45. The summed E-state index contributed by atoms with van der Waals surface area (Å²) in [6.07, 6.45) is 1.39. The van der Waals surface area contributed by atoms with Gasteiger partial charge >= 0.3 is 0 Å². The van der Waals surface area contributed by atoms with Gasteiger partial charge in [-0.15, -0.1) is 11.6 Å². The van der Waals surface area contributed by atoms with Gasteiger partial charge in [-0.2, -0.15) is 0 Å². The van der Waals surface area contributed by atoms with Gasteiger partial charge in [-0.25, -0.2) is 0 Å². The Labute approximate surface area is 89.2 Å². The van der Waals surface area contributed by atoms with Gasteiger partial charge in [0.05, 0.1) is 12.0 Å². The molecule has 0 radical (unpaired) electrons. The fourth-order valence-electron chi connectivity index (χ4n) is 1.54. The Morgan fingerprint density at radius 3 is 2.93 bits per heavy atom. The number of likely N-dealkylation sites (tertiary alicyclic amines) is 1. The Balaban J connectivity index is 2.04. The molecule has 1 aliphatic rings. The Bertz CT molecular complexity index is 190. The van der Waals surface area contributed by atoms with Crippen LogP contribution >= 0.6 is 11.6 Å². The fourth-order valence-corrected chi connectivity index (χ4v) is 1.84. The molecule has 0 bridgehead atoms. The van der Waals surface area contributed by atoms with Gasteiger partial charge in [0.1, 0.15) is 0 Å². The van der Waals surface area contributed by atoms with Crippen LogP contribution in [0.25, 0.3) is 0 Å². The first-order valence-electron chi connectivity index (χ1n) is 4.97. The summed E-state index contributed by atoms with van der Waals surface area (Å²) >= 11 is 5.85. The van der Waals surface area contributed by atoms with Crippen LogP contribution in [0.2, 0.25) is 0 Å². The molecule has 0 aromatic carbocycles. The predicted octanol–water partition coefficient (Wildman–Crippen LogP) is -0.202. The minimum atomic E-state index is -0.00657. The maximum Gasteiger partial charge on any atom is 0.224 e. The summed E-state index contributed by atoms with van der Waals surface area (Å²) in [7, 11) is 0. The molecule has 4 nitrogen and oxygen atoms in total. The van der Waals surface area contributed by atoms with Crippen molar-refractivity contribution in [2.75, 3.05) is 32.8 Å². The summed E-state index contributed by atoms with van der Waals surface area (Å²) in [4.78, 5) is 13.1. The molecule has 0 aromatic rings. The lowest BCUT2D eigenvalue weighted by atomic mass is 10.4. The Hall–Kier alpha value is -0.320.